The van der Waals surface area contributed by atoms with Crippen LogP contribution in [0.2, 0.25) is 5.02 Å². The van der Waals surface area contributed by atoms with Crippen LogP contribution in [0.15, 0.2) is 48.5 Å². The molecule has 0 bridgehead atoms. The monoisotopic (exact) mass is 456 g/mol. The molecule has 0 unspecified atom stereocenters. The highest BCUT2D eigenvalue weighted by Gasteiger charge is 2.49. The fourth-order valence-electron chi connectivity index (χ4n) is 4.08. The van der Waals surface area contributed by atoms with Crippen LogP contribution in [0.5, 0.6) is 5.75 Å². The lowest BCUT2D eigenvalue weighted by Gasteiger charge is -2.36. The smallest absolute Gasteiger partial charge is 0.325 e. The molecular weight excluding hydrogens is 432 g/mol. The Hall–Kier alpha value is -3.26. The number of nitrogens with zero attached hydrogens (tertiary/aromatic N) is 3. The van der Waals surface area contributed by atoms with E-state index < -0.39 is 17.5 Å². The van der Waals surface area contributed by atoms with Gasteiger partial charge in [-0.3, -0.25) is 14.5 Å². The second kappa shape index (κ2) is 8.70. The number of hydrogen-bond donors (Lipinski definition) is 1. The van der Waals surface area contributed by atoms with E-state index in [1.165, 1.54) is 0 Å². The highest BCUT2D eigenvalue weighted by molar-refractivity contribution is 6.30. The first kappa shape index (κ1) is 22.0. The average Bonchev–Trinajstić information content (AvgIpc) is 3.03. The Bertz CT molecular complexity index is 1040. The number of imide groups is 1. The molecule has 2 heterocycles. The van der Waals surface area contributed by atoms with Crippen LogP contribution in [-0.2, 0) is 15.1 Å². The zero-order valence-corrected chi connectivity index (χ0v) is 18.8. The Labute approximate surface area is 191 Å². The molecule has 0 aromatic heterocycles. The Morgan fingerprint density at radius 3 is 2.41 bits per heavy atom. The summed E-state index contributed by atoms with van der Waals surface area (Å²) in [5, 5.41) is 3.40. The molecule has 0 saturated carbocycles. The predicted octanol–water partition coefficient (Wildman–Crippen LogP) is 2.46. The summed E-state index contributed by atoms with van der Waals surface area (Å²) in [6, 6.07) is 14.0. The number of hydrogen-bond acceptors (Lipinski definition) is 5. The summed E-state index contributed by atoms with van der Waals surface area (Å²) in [6.07, 6.45) is 0. The van der Waals surface area contributed by atoms with Gasteiger partial charge in [0, 0.05) is 36.9 Å². The number of carbonyl (C=O) groups excluding carboxylic acids is 3. The fraction of sp³-hybridized carbons (Fsp3) is 0.348. The lowest BCUT2D eigenvalue weighted by Crippen LogP contribution is -2.52. The summed E-state index contributed by atoms with van der Waals surface area (Å²) in [5.41, 5.74) is 0.408. The molecule has 4 amide bonds. The van der Waals surface area contributed by atoms with Gasteiger partial charge in [-0.25, -0.2) is 4.79 Å². The molecule has 2 aromatic carbocycles. The Balaban J connectivity index is 1.39. The summed E-state index contributed by atoms with van der Waals surface area (Å²) in [5.74, 6) is -0.0464. The number of rotatable bonds is 5. The molecule has 1 atom stereocenters. The number of piperazine rings is 1. The maximum Gasteiger partial charge on any atom is 0.325 e. The number of amides is 4. The molecule has 2 aromatic rings. The number of carbonyl (C=O) groups is 3. The fourth-order valence-corrected chi connectivity index (χ4v) is 4.27. The van der Waals surface area contributed by atoms with Crippen LogP contribution in [0.1, 0.15) is 12.5 Å². The number of anilines is 1. The van der Waals surface area contributed by atoms with Crippen molar-refractivity contribution >= 4 is 35.1 Å². The van der Waals surface area contributed by atoms with Gasteiger partial charge >= 0.3 is 6.03 Å². The van der Waals surface area contributed by atoms with Gasteiger partial charge in [-0.1, -0.05) is 29.8 Å². The minimum atomic E-state index is -1.23. The zero-order valence-electron chi connectivity index (χ0n) is 18.0. The summed E-state index contributed by atoms with van der Waals surface area (Å²) < 4.78 is 5.15. The molecule has 32 heavy (non-hydrogen) atoms. The van der Waals surface area contributed by atoms with Crippen LogP contribution in [0.25, 0.3) is 0 Å². The maximum atomic E-state index is 13.1. The van der Waals surface area contributed by atoms with E-state index in [0.717, 1.165) is 10.6 Å². The summed E-state index contributed by atoms with van der Waals surface area (Å²) >= 11 is 6.08. The van der Waals surface area contributed by atoms with E-state index in [2.05, 4.69) is 10.2 Å². The zero-order chi connectivity index (χ0) is 22.9. The first-order chi connectivity index (χ1) is 15.3. The van der Waals surface area contributed by atoms with Crippen molar-refractivity contribution in [3.63, 3.8) is 0 Å². The molecule has 2 saturated heterocycles. The third-order valence-electron chi connectivity index (χ3n) is 6.04. The molecule has 8 nitrogen and oxygen atoms in total. The SMILES string of the molecule is COc1ccc([C@]2(C)NC(=O)N(CC(=O)N3CCN(c4cccc(Cl)c4)CC3)C2=O)cc1. The van der Waals surface area contributed by atoms with E-state index in [4.69, 9.17) is 16.3 Å². The van der Waals surface area contributed by atoms with Crippen molar-refractivity contribution in [1.82, 2.24) is 15.1 Å². The predicted molar refractivity (Wildman–Crippen MR) is 121 cm³/mol. The third kappa shape index (κ3) is 4.10. The quantitative estimate of drug-likeness (QED) is 0.699. The first-order valence-corrected chi connectivity index (χ1v) is 10.8. The molecule has 1 N–H and O–H groups in total. The number of ether oxygens (including phenoxy) is 1. The van der Waals surface area contributed by atoms with Gasteiger partial charge in [0.1, 0.15) is 17.8 Å². The standard InChI is InChI=1S/C23H25ClN4O4/c1-23(16-6-8-19(32-2)9-7-16)21(30)28(22(31)25-23)15-20(29)27-12-10-26(11-13-27)18-5-3-4-17(24)14-18/h3-9,14H,10-13,15H2,1-2H3,(H,25,31)/t23-/m0/s1. The van der Waals surface area contributed by atoms with E-state index in [1.807, 2.05) is 24.3 Å². The molecule has 0 spiro atoms. The summed E-state index contributed by atoms with van der Waals surface area (Å²) in [7, 11) is 1.56. The van der Waals surface area contributed by atoms with Gasteiger partial charge in [-0.2, -0.15) is 0 Å². The first-order valence-electron chi connectivity index (χ1n) is 10.4. The molecule has 9 heteroatoms. The molecule has 168 valence electrons. The molecular formula is C23H25ClN4O4. The lowest BCUT2D eigenvalue weighted by atomic mass is 9.92. The van der Waals surface area contributed by atoms with E-state index in [-0.39, 0.29) is 12.5 Å². The van der Waals surface area contributed by atoms with Crippen LogP contribution < -0.4 is 15.0 Å². The maximum absolute atomic E-state index is 13.1. The molecule has 2 aliphatic rings. The normalized spacial score (nSPS) is 21.0. The minimum Gasteiger partial charge on any atom is -0.497 e. The van der Waals surface area contributed by atoms with Crippen molar-refractivity contribution in [2.45, 2.75) is 12.5 Å². The van der Waals surface area contributed by atoms with Gasteiger partial charge < -0.3 is 19.9 Å². The molecule has 4 rings (SSSR count). The van der Waals surface area contributed by atoms with Gasteiger partial charge in [0.25, 0.3) is 5.91 Å². The van der Waals surface area contributed by atoms with E-state index in [9.17, 15) is 14.4 Å². The third-order valence-corrected chi connectivity index (χ3v) is 6.28. The average molecular weight is 457 g/mol. The highest BCUT2D eigenvalue weighted by atomic mass is 35.5. The van der Waals surface area contributed by atoms with Crippen molar-refractivity contribution < 1.29 is 19.1 Å². The van der Waals surface area contributed by atoms with Gasteiger partial charge in [0.2, 0.25) is 5.91 Å². The Morgan fingerprint density at radius 1 is 1.09 bits per heavy atom. The van der Waals surface area contributed by atoms with Gasteiger partial charge in [-0.05, 0) is 42.8 Å². The number of benzene rings is 2. The summed E-state index contributed by atoms with van der Waals surface area (Å²) in [6.45, 7) is 3.66. The van der Waals surface area contributed by atoms with Crippen LogP contribution in [0.4, 0.5) is 10.5 Å². The van der Waals surface area contributed by atoms with Gasteiger partial charge in [0.15, 0.2) is 0 Å². The van der Waals surface area contributed by atoms with E-state index >= 15 is 0 Å². The van der Waals surface area contributed by atoms with Crippen LogP contribution in [-0.4, -0.2) is 67.5 Å². The minimum absolute atomic E-state index is 0.252. The van der Waals surface area contributed by atoms with Crippen molar-refractivity contribution in [3.8, 4) is 5.75 Å². The number of urea groups is 1. The van der Waals surface area contributed by atoms with Crippen LogP contribution >= 0.6 is 11.6 Å². The topological polar surface area (TPSA) is 82.2 Å². The van der Waals surface area contributed by atoms with Crippen molar-refractivity contribution in [2.75, 3.05) is 44.7 Å². The van der Waals surface area contributed by atoms with Crippen LogP contribution in [0.3, 0.4) is 0 Å². The van der Waals surface area contributed by atoms with Crippen molar-refractivity contribution in [2.24, 2.45) is 0 Å². The van der Waals surface area contributed by atoms with Crippen LogP contribution in [0, 0.1) is 0 Å². The van der Waals surface area contributed by atoms with E-state index in [0.29, 0.717) is 42.5 Å². The second-order valence-corrected chi connectivity index (χ2v) is 8.46. The Morgan fingerprint density at radius 2 is 1.78 bits per heavy atom. The molecule has 2 fully saturated rings. The molecule has 0 radical (unpaired) electrons. The molecule has 0 aliphatic carbocycles. The number of nitrogens with one attached hydrogen (secondary N) is 1. The molecule has 2 aliphatic heterocycles. The summed E-state index contributed by atoms with van der Waals surface area (Å²) in [4.78, 5) is 43.4. The largest absolute Gasteiger partial charge is 0.497 e. The van der Waals surface area contributed by atoms with Crippen molar-refractivity contribution in [3.05, 3.63) is 59.1 Å². The van der Waals surface area contributed by atoms with Crippen molar-refractivity contribution in [1.29, 1.82) is 0 Å². The van der Waals surface area contributed by atoms with E-state index in [1.54, 1.807) is 43.2 Å². The van der Waals surface area contributed by atoms with Gasteiger partial charge in [0.05, 0.1) is 7.11 Å². The Kier molecular flexibility index (Phi) is 5.97. The second-order valence-electron chi connectivity index (χ2n) is 8.02. The lowest BCUT2D eigenvalue weighted by molar-refractivity contribution is -0.139. The van der Waals surface area contributed by atoms with Gasteiger partial charge in [-0.15, -0.1) is 0 Å². The number of methoxy groups -OCH3 is 1. The number of halogens is 1. The highest BCUT2D eigenvalue weighted by Crippen LogP contribution is 2.30.